The summed E-state index contributed by atoms with van der Waals surface area (Å²) in [6, 6.07) is 8.75. The van der Waals surface area contributed by atoms with Gasteiger partial charge in [-0.05, 0) is 36.0 Å². The van der Waals surface area contributed by atoms with Gasteiger partial charge in [-0.3, -0.25) is 0 Å². The number of aryl methyl sites for hydroxylation is 1. The Morgan fingerprint density at radius 2 is 2.08 bits per heavy atom. The third kappa shape index (κ3) is 1.86. The lowest BCUT2D eigenvalue weighted by atomic mass is 9.87. The molecule has 0 spiro atoms. The summed E-state index contributed by atoms with van der Waals surface area (Å²) >= 11 is 3.46. The van der Waals surface area contributed by atoms with Crippen LogP contribution in [0.4, 0.5) is 0 Å². The van der Waals surface area contributed by atoms with Crippen molar-refractivity contribution in [2.75, 3.05) is 5.33 Å². The average Bonchev–Trinajstić information content (AvgIpc) is 2.19. The highest BCUT2D eigenvalue weighted by Crippen LogP contribution is 2.30. The molecule has 68 valence electrons. The van der Waals surface area contributed by atoms with E-state index in [1.54, 1.807) is 0 Å². The van der Waals surface area contributed by atoms with Crippen LogP contribution in [0.2, 0.25) is 0 Å². The van der Waals surface area contributed by atoms with Crippen LogP contribution in [-0.2, 0) is 6.42 Å². The molecule has 0 bridgehead atoms. The van der Waals surface area contributed by atoms with Gasteiger partial charge >= 0.3 is 0 Å². The summed E-state index contributed by atoms with van der Waals surface area (Å²) in [6.07, 6.45) is 6.08. The van der Waals surface area contributed by atoms with Gasteiger partial charge in [0.25, 0.3) is 0 Å². The molecule has 0 unspecified atom stereocenters. The Balaban J connectivity index is 2.42. The Hall–Kier alpha value is -0.560. The maximum atomic E-state index is 3.46. The van der Waals surface area contributed by atoms with Crippen LogP contribution in [0.25, 0.3) is 5.57 Å². The molecule has 0 aromatic heterocycles. The highest BCUT2D eigenvalue weighted by atomic mass is 79.9. The number of rotatable bonds is 1. The summed E-state index contributed by atoms with van der Waals surface area (Å²) in [4.78, 5) is 0. The summed E-state index contributed by atoms with van der Waals surface area (Å²) in [5.41, 5.74) is 4.49. The van der Waals surface area contributed by atoms with E-state index in [-0.39, 0.29) is 0 Å². The second kappa shape index (κ2) is 4.10. The van der Waals surface area contributed by atoms with E-state index >= 15 is 0 Å². The monoisotopic (exact) mass is 236 g/mol. The average molecular weight is 237 g/mol. The molecule has 0 heterocycles. The lowest BCUT2D eigenvalue weighted by molar-refractivity contribution is 0.822. The van der Waals surface area contributed by atoms with Crippen LogP contribution >= 0.6 is 15.9 Å². The molecule has 1 aliphatic rings. The molecule has 0 atom stereocenters. The van der Waals surface area contributed by atoms with Crippen molar-refractivity contribution in [1.82, 2.24) is 0 Å². The molecule has 1 aliphatic carbocycles. The number of halogens is 1. The van der Waals surface area contributed by atoms with E-state index in [0.717, 1.165) is 5.33 Å². The number of alkyl halides is 1. The fourth-order valence-corrected chi connectivity index (χ4v) is 2.35. The predicted molar refractivity (Wildman–Crippen MR) is 61.2 cm³/mol. The van der Waals surface area contributed by atoms with Gasteiger partial charge in [0, 0.05) is 5.33 Å². The van der Waals surface area contributed by atoms with E-state index in [0.29, 0.717) is 0 Å². The van der Waals surface area contributed by atoms with Crippen LogP contribution in [0.15, 0.2) is 30.3 Å². The van der Waals surface area contributed by atoms with E-state index < -0.39 is 0 Å². The summed E-state index contributed by atoms with van der Waals surface area (Å²) in [6.45, 7) is 0. The third-order valence-corrected chi connectivity index (χ3v) is 2.90. The van der Waals surface area contributed by atoms with Gasteiger partial charge in [-0.2, -0.15) is 0 Å². The van der Waals surface area contributed by atoms with Crippen molar-refractivity contribution in [1.29, 1.82) is 0 Å². The quantitative estimate of drug-likeness (QED) is 0.651. The van der Waals surface area contributed by atoms with E-state index in [9.17, 15) is 0 Å². The number of hydrogen-bond acceptors (Lipinski definition) is 0. The number of benzene rings is 1. The van der Waals surface area contributed by atoms with Gasteiger partial charge in [-0.15, -0.1) is 0 Å². The first-order valence-electron chi connectivity index (χ1n) is 4.75. The molecule has 0 fully saturated rings. The summed E-state index contributed by atoms with van der Waals surface area (Å²) in [5, 5.41) is 0.969. The Kier molecular flexibility index (Phi) is 2.84. The maximum Gasteiger partial charge on any atom is 0.0217 e. The fraction of sp³-hybridized carbons (Fsp3) is 0.333. The Labute approximate surface area is 87.8 Å². The van der Waals surface area contributed by atoms with E-state index in [1.807, 2.05) is 0 Å². The van der Waals surface area contributed by atoms with Crippen LogP contribution in [0, 0.1) is 0 Å². The van der Waals surface area contributed by atoms with Crippen molar-refractivity contribution in [3.05, 3.63) is 41.5 Å². The van der Waals surface area contributed by atoms with Crippen LogP contribution in [0.5, 0.6) is 0 Å². The second-order valence-corrected chi connectivity index (χ2v) is 4.04. The Morgan fingerprint density at radius 1 is 1.23 bits per heavy atom. The minimum atomic E-state index is 0.969. The molecule has 1 heteroatoms. The Morgan fingerprint density at radius 3 is 2.92 bits per heavy atom. The molecule has 0 saturated heterocycles. The third-order valence-electron chi connectivity index (χ3n) is 2.58. The highest BCUT2D eigenvalue weighted by molar-refractivity contribution is 9.09. The zero-order valence-electron chi connectivity index (χ0n) is 7.59. The van der Waals surface area contributed by atoms with Crippen LogP contribution in [-0.4, -0.2) is 5.33 Å². The molecule has 0 N–H and O–H groups in total. The van der Waals surface area contributed by atoms with E-state index in [2.05, 4.69) is 46.3 Å². The molecular formula is C12H13Br. The van der Waals surface area contributed by atoms with Crippen molar-refractivity contribution in [3.8, 4) is 0 Å². The first-order valence-corrected chi connectivity index (χ1v) is 5.87. The molecule has 0 radical (unpaired) electrons. The molecular weight excluding hydrogens is 224 g/mol. The van der Waals surface area contributed by atoms with Crippen LogP contribution < -0.4 is 0 Å². The van der Waals surface area contributed by atoms with Gasteiger partial charge in [-0.25, -0.2) is 0 Å². The van der Waals surface area contributed by atoms with Gasteiger partial charge in [0.2, 0.25) is 0 Å². The topological polar surface area (TPSA) is 0 Å². The molecule has 0 aliphatic heterocycles. The maximum absolute atomic E-state index is 3.46. The largest absolute Gasteiger partial charge is 0.0883 e. The fourth-order valence-electron chi connectivity index (χ4n) is 1.96. The van der Waals surface area contributed by atoms with Gasteiger partial charge in [0.1, 0.15) is 0 Å². The number of fused-ring (bicyclic) bond motifs is 1. The molecule has 13 heavy (non-hydrogen) atoms. The Bertz CT molecular complexity index is 326. The standard InChI is InChI=1S/C12H13Br/c13-9-8-11-6-3-5-10-4-1-2-7-12(10)11/h1-2,4,7-8H,3,5-6,9H2/b11-8-. The van der Waals surface area contributed by atoms with Crippen molar-refractivity contribution in [2.45, 2.75) is 19.3 Å². The van der Waals surface area contributed by atoms with E-state index in [4.69, 9.17) is 0 Å². The van der Waals surface area contributed by atoms with Crippen molar-refractivity contribution >= 4 is 21.5 Å². The van der Waals surface area contributed by atoms with Crippen LogP contribution in [0.1, 0.15) is 24.0 Å². The van der Waals surface area contributed by atoms with Gasteiger partial charge < -0.3 is 0 Å². The zero-order chi connectivity index (χ0) is 9.10. The molecule has 2 rings (SSSR count). The van der Waals surface area contributed by atoms with Crippen molar-refractivity contribution < 1.29 is 0 Å². The summed E-state index contributed by atoms with van der Waals surface area (Å²) in [5.74, 6) is 0. The second-order valence-electron chi connectivity index (χ2n) is 3.39. The molecule has 0 saturated carbocycles. The molecule has 0 nitrogen and oxygen atoms in total. The minimum absolute atomic E-state index is 0.969. The normalized spacial score (nSPS) is 18.7. The van der Waals surface area contributed by atoms with Crippen LogP contribution in [0.3, 0.4) is 0 Å². The zero-order valence-corrected chi connectivity index (χ0v) is 9.18. The van der Waals surface area contributed by atoms with Crippen molar-refractivity contribution in [3.63, 3.8) is 0 Å². The molecule has 0 amide bonds. The smallest absolute Gasteiger partial charge is 0.0217 e. The van der Waals surface area contributed by atoms with Gasteiger partial charge in [-0.1, -0.05) is 46.3 Å². The SMILES string of the molecule is BrC/C=C1/CCCc2ccccc21. The van der Waals surface area contributed by atoms with E-state index in [1.165, 1.54) is 36.0 Å². The lowest BCUT2D eigenvalue weighted by Crippen LogP contribution is -2.01. The van der Waals surface area contributed by atoms with Crippen molar-refractivity contribution in [2.24, 2.45) is 0 Å². The number of hydrogen-bond donors (Lipinski definition) is 0. The van der Waals surface area contributed by atoms with Gasteiger partial charge in [0.15, 0.2) is 0 Å². The summed E-state index contributed by atoms with van der Waals surface area (Å²) in [7, 11) is 0. The highest BCUT2D eigenvalue weighted by Gasteiger charge is 2.11. The summed E-state index contributed by atoms with van der Waals surface area (Å²) < 4.78 is 0. The first-order chi connectivity index (χ1) is 6.42. The predicted octanol–water partition coefficient (Wildman–Crippen LogP) is 3.80. The minimum Gasteiger partial charge on any atom is -0.0883 e. The van der Waals surface area contributed by atoms with Gasteiger partial charge in [0.05, 0.1) is 0 Å². The lowest BCUT2D eigenvalue weighted by Gasteiger charge is -2.18. The number of allylic oxidation sites excluding steroid dienone is 2. The molecule has 1 aromatic rings. The molecule has 1 aromatic carbocycles. The first kappa shape index (κ1) is 9.01.